The average Bonchev–Trinajstić information content (AvgIpc) is 2.97. The maximum absolute atomic E-state index is 13.1. The molecule has 0 heterocycles. The van der Waals surface area contributed by atoms with Crippen LogP contribution in [-0.4, -0.2) is 11.6 Å². The minimum absolute atomic E-state index is 0.119. The van der Waals surface area contributed by atoms with Gasteiger partial charge in [-0.15, -0.1) is 0 Å². The van der Waals surface area contributed by atoms with E-state index < -0.39 is 0 Å². The van der Waals surface area contributed by atoms with Crippen LogP contribution in [0.5, 0.6) is 0 Å². The highest BCUT2D eigenvalue weighted by Gasteiger charge is 2.68. The molecule has 4 fully saturated rings. The SMILES string of the molecule is CC1(C)[C@H]2CC[C@@]1(C)C(=O)[C@@H]2CC[C@H]1C(=O)[C@@]2(C)CC[C@@H]1C2(C)C. The quantitative estimate of drug-likeness (QED) is 0.725. The van der Waals surface area contributed by atoms with Crippen molar-refractivity contribution in [1.82, 2.24) is 0 Å². The summed E-state index contributed by atoms with van der Waals surface area (Å²) in [6.45, 7) is 13.6. The molecule has 134 valence electrons. The van der Waals surface area contributed by atoms with Crippen LogP contribution in [0.2, 0.25) is 0 Å². The zero-order chi connectivity index (χ0) is 17.7. The zero-order valence-electron chi connectivity index (χ0n) is 16.4. The van der Waals surface area contributed by atoms with E-state index in [4.69, 9.17) is 0 Å². The number of Topliss-reactive ketones (excluding diaryl/α,β-unsaturated/α-hetero) is 2. The Morgan fingerprint density at radius 1 is 0.708 bits per heavy atom. The molecular formula is C22H34O2. The van der Waals surface area contributed by atoms with Crippen molar-refractivity contribution in [3.05, 3.63) is 0 Å². The fourth-order valence-corrected chi connectivity index (χ4v) is 7.57. The molecule has 0 radical (unpaired) electrons. The fourth-order valence-electron chi connectivity index (χ4n) is 7.57. The molecule has 4 aliphatic rings. The van der Waals surface area contributed by atoms with Crippen molar-refractivity contribution in [2.45, 2.75) is 80.1 Å². The summed E-state index contributed by atoms with van der Waals surface area (Å²) >= 11 is 0. The molecule has 0 aliphatic heterocycles. The smallest absolute Gasteiger partial charge is 0.142 e. The van der Waals surface area contributed by atoms with Gasteiger partial charge in [-0.05, 0) is 61.2 Å². The lowest BCUT2D eigenvalue weighted by Gasteiger charge is -2.32. The molecule has 4 aliphatic carbocycles. The summed E-state index contributed by atoms with van der Waals surface area (Å²) in [5.41, 5.74) is 0.0376. The standard InChI is InChI=1S/C22H34O2/c1-19(2)15-9-11-21(19,5)17(23)13(15)7-8-14-16-10-12-22(6,18(14)24)20(16,3)4/h13-16H,7-12H2,1-6H3/t13-,14-,15+,16+,21-,22+/m1/s1. The molecule has 0 saturated heterocycles. The summed E-state index contributed by atoms with van der Waals surface area (Å²) < 4.78 is 0. The van der Waals surface area contributed by atoms with E-state index in [1.54, 1.807) is 0 Å². The first kappa shape index (κ1) is 16.8. The Balaban J connectivity index is 1.52. The first-order valence-electron chi connectivity index (χ1n) is 10.1. The second-order valence-electron chi connectivity index (χ2n) is 10.9. The highest BCUT2D eigenvalue weighted by molar-refractivity contribution is 5.93. The maximum Gasteiger partial charge on any atom is 0.142 e. The highest BCUT2D eigenvalue weighted by atomic mass is 16.1. The lowest BCUT2D eigenvalue weighted by molar-refractivity contribution is -0.134. The van der Waals surface area contributed by atoms with Crippen LogP contribution >= 0.6 is 0 Å². The Labute approximate surface area is 147 Å². The van der Waals surface area contributed by atoms with E-state index in [0.29, 0.717) is 23.4 Å². The number of carbonyl (C=O) groups is 2. The molecule has 4 rings (SSSR count). The van der Waals surface area contributed by atoms with E-state index in [0.717, 1.165) is 25.7 Å². The minimum atomic E-state index is -0.119. The van der Waals surface area contributed by atoms with Crippen molar-refractivity contribution >= 4 is 11.6 Å². The van der Waals surface area contributed by atoms with Crippen molar-refractivity contribution in [3.63, 3.8) is 0 Å². The zero-order valence-corrected chi connectivity index (χ0v) is 16.4. The Hall–Kier alpha value is -0.660. The summed E-state index contributed by atoms with van der Waals surface area (Å²) in [6, 6.07) is 0. The van der Waals surface area contributed by atoms with Gasteiger partial charge >= 0.3 is 0 Å². The van der Waals surface area contributed by atoms with E-state index in [-0.39, 0.29) is 33.5 Å². The second-order valence-corrected chi connectivity index (χ2v) is 10.9. The molecule has 4 saturated carbocycles. The monoisotopic (exact) mass is 330 g/mol. The average molecular weight is 331 g/mol. The van der Waals surface area contributed by atoms with Crippen LogP contribution in [0.4, 0.5) is 0 Å². The van der Waals surface area contributed by atoms with E-state index in [1.165, 1.54) is 12.8 Å². The van der Waals surface area contributed by atoms with Crippen molar-refractivity contribution < 1.29 is 9.59 Å². The molecular weight excluding hydrogens is 296 g/mol. The summed E-state index contributed by atoms with van der Waals surface area (Å²) in [4.78, 5) is 26.1. The molecule has 0 aromatic heterocycles. The van der Waals surface area contributed by atoms with Gasteiger partial charge in [-0.3, -0.25) is 9.59 Å². The Morgan fingerprint density at radius 3 is 1.29 bits per heavy atom. The van der Waals surface area contributed by atoms with Gasteiger partial charge in [0.05, 0.1) is 0 Å². The van der Waals surface area contributed by atoms with Gasteiger partial charge in [-0.2, -0.15) is 0 Å². The molecule has 0 spiro atoms. The van der Waals surface area contributed by atoms with Gasteiger partial charge in [-0.1, -0.05) is 41.5 Å². The molecule has 0 aromatic rings. The van der Waals surface area contributed by atoms with Gasteiger partial charge in [0.25, 0.3) is 0 Å². The third kappa shape index (κ3) is 1.60. The third-order valence-electron chi connectivity index (χ3n) is 10.1. The minimum Gasteiger partial charge on any atom is -0.299 e. The Kier molecular flexibility index (Phi) is 3.18. The van der Waals surface area contributed by atoms with Crippen LogP contribution < -0.4 is 0 Å². The molecule has 2 heteroatoms. The second kappa shape index (κ2) is 4.54. The van der Waals surface area contributed by atoms with Crippen LogP contribution in [0.25, 0.3) is 0 Å². The predicted octanol–water partition coefficient (Wildman–Crippen LogP) is 5.05. The van der Waals surface area contributed by atoms with Crippen molar-refractivity contribution in [2.24, 2.45) is 45.3 Å². The molecule has 2 nitrogen and oxygen atoms in total. The summed E-state index contributed by atoms with van der Waals surface area (Å²) in [5, 5.41) is 0. The van der Waals surface area contributed by atoms with Gasteiger partial charge in [0.15, 0.2) is 0 Å². The molecule has 0 amide bonds. The van der Waals surface area contributed by atoms with Crippen molar-refractivity contribution in [3.8, 4) is 0 Å². The molecule has 0 N–H and O–H groups in total. The molecule has 0 aromatic carbocycles. The van der Waals surface area contributed by atoms with Gasteiger partial charge in [0.2, 0.25) is 0 Å². The summed E-state index contributed by atoms with van der Waals surface area (Å²) in [5.74, 6) is 2.50. The van der Waals surface area contributed by atoms with Gasteiger partial charge < -0.3 is 0 Å². The molecule has 6 atom stereocenters. The normalized spacial score (nSPS) is 50.9. The van der Waals surface area contributed by atoms with Crippen LogP contribution in [-0.2, 0) is 9.59 Å². The van der Waals surface area contributed by atoms with E-state index in [2.05, 4.69) is 41.5 Å². The van der Waals surface area contributed by atoms with E-state index in [9.17, 15) is 9.59 Å². The number of hydrogen-bond donors (Lipinski definition) is 0. The first-order valence-corrected chi connectivity index (χ1v) is 10.1. The summed E-state index contributed by atoms with van der Waals surface area (Å²) in [6.07, 6.45) is 6.42. The lowest BCUT2D eigenvalue weighted by atomic mass is 9.70. The summed E-state index contributed by atoms with van der Waals surface area (Å²) in [7, 11) is 0. The number of hydrogen-bond acceptors (Lipinski definition) is 2. The number of carbonyl (C=O) groups excluding carboxylic acids is 2. The third-order valence-corrected chi connectivity index (χ3v) is 10.1. The predicted molar refractivity (Wildman–Crippen MR) is 95.5 cm³/mol. The Bertz CT molecular complexity index is 561. The highest BCUT2D eigenvalue weighted by Crippen LogP contribution is 2.69. The van der Waals surface area contributed by atoms with Gasteiger partial charge in [-0.25, -0.2) is 0 Å². The Morgan fingerprint density at radius 2 is 1.04 bits per heavy atom. The van der Waals surface area contributed by atoms with Crippen LogP contribution in [0.1, 0.15) is 80.1 Å². The van der Waals surface area contributed by atoms with Crippen LogP contribution in [0, 0.1) is 45.3 Å². The molecule has 24 heavy (non-hydrogen) atoms. The topological polar surface area (TPSA) is 34.1 Å². The number of rotatable bonds is 3. The van der Waals surface area contributed by atoms with E-state index in [1.807, 2.05) is 0 Å². The fraction of sp³-hybridized carbons (Fsp3) is 0.909. The van der Waals surface area contributed by atoms with Crippen molar-refractivity contribution in [1.29, 1.82) is 0 Å². The van der Waals surface area contributed by atoms with Crippen LogP contribution in [0.3, 0.4) is 0 Å². The van der Waals surface area contributed by atoms with Crippen LogP contribution in [0.15, 0.2) is 0 Å². The van der Waals surface area contributed by atoms with Gasteiger partial charge in [0, 0.05) is 22.7 Å². The van der Waals surface area contributed by atoms with Crippen molar-refractivity contribution in [2.75, 3.05) is 0 Å². The number of fused-ring (bicyclic) bond motifs is 4. The maximum atomic E-state index is 13.1. The largest absolute Gasteiger partial charge is 0.299 e. The van der Waals surface area contributed by atoms with Gasteiger partial charge in [0.1, 0.15) is 11.6 Å². The molecule has 4 bridgehead atoms. The lowest BCUT2D eigenvalue weighted by Crippen LogP contribution is -2.34. The van der Waals surface area contributed by atoms with E-state index >= 15 is 0 Å². The first-order chi connectivity index (χ1) is 11.0. The number of ketones is 2. The molecule has 0 unspecified atom stereocenters.